The fourth-order valence-corrected chi connectivity index (χ4v) is 1.88. The van der Waals surface area contributed by atoms with Gasteiger partial charge >= 0.3 is 11.9 Å². The van der Waals surface area contributed by atoms with Crippen molar-refractivity contribution in [2.24, 2.45) is 0 Å². The third-order valence-corrected chi connectivity index (χ3v) is 2.78. The molecule has 0 unspecified atom stereocenters. The van der Waals surface area contributed by atoms with Crippen LogP contribution in [-0.2, 0) is 0 Å². The number of aromatic nitrogens is 1. The quantitative estimate of drug-likeness (QED) is 0.851. The minimum absolute atomic E-state index is 0.303. The van der Waals surface area contributed by atoms with Gasteiger partial charge in [0, 0.05) is 11.1 Å². The van der Waals surface area contributed by atoms with Crippen LogP contribution in [0.15, 0.2) is 53.0 Å². The van der Waals surface area contributed by atoms with E-state index in [0.29, 0.717) is 11.5 Å². The maximum atomic E-state index is 11.1. The maximum absolute atomic E-state index is 11.1. The second kappa shape index (κ2) is 6.02. The van der Waals surface area contributed by atoms with Crippen LogP contribution in [0.3, 0.4) is 0 Å². The molecule has 0 amide bonds. The fraction of sp³-hybridized carbons (Fsp3) is 0.125. The van der Waals surface area contributed by atoms with E-state index in [2.05, 4.69) is 4.98 Å². The van der Waals surface area contributed by atoms with E-state index in [9.17, 15) is 4.79 Å². The normalized spacial score (nSPS) is 12.0. The van der Waals surface area contributed by atoms with Gasteiger partial charge in [0.1, 0.15) is 5.69 Å². The monoisotopic (exact) mass is 269 g/mol. The number of carboxylic acid groups (broad SMARTS) is 1. The van der Waals surface area contributed by atoms with Crippen molar-refractivity contribution in [3.05, 3.63) is 60.2 Å². The van der Waals surface area contributed by atoms with Crippen molar-refractivity contribution < 1.29 is 14.3 Å². The standard InChI is InChI=1S/C16H15NO3/c1-3-8-11(4-2)14-13(12-9-6-5-7-10-12)17-15(20-14)16(18)19/h3-10H,1-2H3,(H,18,19)/b8-3-,11-4+. The van der Waals surface area contributed by atoms with E-state index < -0.39 is 5.97 Å². The molecule has 0 aliphatic heterocycles. The zero-order chi connectivity index (χ0) is 14.5. The third-order valence-electron chi connectivity index (χ3n) is 2.78. The molecule has 2 rings (SSSR count). The van der Waals surface area contributed by atoms with Gasteiger partial charge in [0.25, 0.3) is 0 Å². The maximum Gasteiger partial charge on any atom is 0.392 e. The van der Waals surface area contributed by atoms with Crippen LogP contribution in [-0.4, -0.2) is 16.1 Å². The molecule has 1 heterocycles. The van der Waals surface area contributed by atoms with E-state index in [4.69, 9.17) is 9.52 Å². The molecule has 0 atom stereocenters. The average Bonchev–Trinajstić information content (AvgIpc) is 2.91. The topological polar surface area (TPSA) is 63.3 Å². The molecule has 20 heavy (non-hydrogen) atoms. The first kappa shape index (κ1) is 13.8. The summed E-state index contributed by atoms with van der Waals surface area (Å²) in [7, 11) is 0. The van der Waals surface area contributed by atoms with E-state index in [1.165, 1.54) is 0 Å². The number of hydrogen-bond donors (Lipinski definition) is 1. The van der Waals surface area contributed by atoms with Crippen molar-refractivity contribution in [2.75, 3.05) is 0 Å². The molecule has 0 saturated heterocycles. The summed E-state index contributed by atoms with van der Waals surface area (Å²) in [5.41, 5.74) is 2.16. The van der Waals surface area contributed by atoms with Gasteiger partial charge < -0.3 is 9.52 Å². The molecule has 4 heteroatoms. The minimum atomic E-state index is -1.18. The lowest BCUT2D eigenvalue weighted by atomic mass is 10.1. The molecule has 0 aliphatic carbocycles. The molecular weight excluding hydrogens is 254 g/mol. The Hall–Kier alpha value is -2.62. The Kier molecular flexibility index (Phi) is 4.15. The Morgan fingerprint density at radius 3 is 2.50 bits per heavy atom. The number of carboxylic acids is 1. The minimum Gasteiger partial charge on any atom is -0.474 e. The second-order valence-electron chi connectivity index (χ2n) is 4.11. The number of rotatable bonds is 4. The Labute approximate surface area is 117 Å². The lowest BCUT2D eigenvalue weighted by Crippen LogP contribution is -1.95. The molecule has 0 bridgehead atoms. The Morgan fingerprint density at radius 2 is 1.95 bits per heavy atom. The summed E-state index contributed by atoms with van der Waals surface area (Å²) in [6, 6.07) is 9.38. The van der Waals surface area contributed by atoms with E-state index in [0.717, 1.165) is 11.1 Å². The highest BCUT2D eigenvalue weighted by atomic mass is 16.4. The van der Waals surface area contributed by atoms with Crippen molar-refractivity contribution in [1.82, 2.24) is 4.98 Å². The van der Waals surface area contributed by atoms with Gasteiger partial charge in [-0.2, -0.15) is 0 Å². The van der Waals surface area contributed by atoms with Gasteiger partial charge in [-0.15, -0.1) is 0 Å². The summed E-state index contributed by atoms with van der Waals surface area (Å²) in [5, 5.41) is 9.06. The predicted molar refractivity (Wildman–Crippen MR) is 77.4 cm³/mol. The Morgan fingerprint density at radius 1 is 1.25 bits per heavy atom. The Balaban J connectivity index is 2.63. The molecule has 102 valence electrons. The zero-order valence-corrected chi connectivity index (χ0v) is 11.3. The van der Waals surface area contributed by atoms with Crippen LogP contribution in [0.5, 0.6) is 0 Å². The second-order valence-corrected chi connectivity index (χ2v) is 4.11. The van der Waals surface area contributed by atoms with Gasteiger partial charge in [0.05, 0.1) is 0 Å². The van der Waals surface area contributed by atoms with Crippen LogP contribution in [0.4, 0.5) is 0 Å². The van der Waals surface area contributed by atoms with Gasteiger partial charge in [-0.3, -0.25) is 0 Å². The number of carbonyl (C=O) groups is 1. The summed E-state index contributed by atoms with van der Waals surface area (Å²) in [6.45, 7) is 3.76. The average molecular weight is 269 g/mol. The van der Waals surface area contributed by atoms with Crippen LogP contribution in [0.25, 0.3) is 16.8 Å². The summed E-state index contributed by atoms with van der Waals surface area (Å²) in [4.78, 5) is 15.2. The first-order valence-corrected chi connectivity index (χ1v) is 6.26. The lowest BCUT2D eigenvalue weighted by molar-refractivity contribution is 0.0653. The summed E-state index contributed by atoms with van der Waals surface area (Å²) < 4.78 is 5.41. The van der Waals surface area contributed by atoms with E-state index >= 15 is 0 Å². The van der Waals surface area contributed by atoms with E-state index in [1.807, 2.05) is 62.4 Å². The molecule has 1 N–H and O–H groups in total. The molecule has 0 aliphatic rings. The number of aromatic carboxylic acids is 1. The summed E-state index contributed by atoms with van der Waals surface area (Å²) in [6.07, 6.45) is 5.59. The molecule has 1 aromatic heterocycles. The predicted octanol–water partition coefficient (Wildman–Crippen LogP) is 4.02. The number of nitrogens with zero attached hydrogens (tertiary/aromatic N) is 1. The first-order chi connectivity index (χ1) is 9.67. The third kappa shape index (κ3) is 2.69. The lowest BCUT2D eigenvalue weighted by Gasteiger charge is -2.01. The zero-order valence-electron chi connectivity index (χ0n) is 11.3. The van der Waals surface area contributed by atoms with Crippen molar-refractivity contribution in [2.45, 2.75) is 13.8 Å². The largest absolute Gasteiger partial charge is 0.474 e. The van der Waals surface area contributed by atoms with Crippen LogP contribution >= 0.6 is 0 Å². The van der Waals surface area contributed by atoms with Crippen LogP contribution < -0.4 is 0 Å². The highest BCUT2D eigenvalue weighted by molar-refractivity contribution is 5.87. The summed E-state index contributed by atoms with van der Waals surface area (Å²) >= 11 is 0. The molecule has 4 nitrogen and oxygen atoms in total. The fourth-order valence-electron chi connectivity index (χ4n) is 1.88. The highest BCUT2D eigenvalue weighted by Gasteiger charge is 2.20. The van der Waals surface area contributed by atoms with Crippen molar-refractivity contribution in [3.8, 4) is 11.3 Å². The molecule has 0 saturated carbocycles. The van der Waals surface area contributed by atoms with Gasteiger partial charge in [0.2, 0.25) is 0 Å². The number of oxazole rings is 1. The Bertz CT molecular complexity index is 666. The summed E-state index contributed by atoms with van der Waals surface area (Å²) in [5.74, 6) is -1.01. The van der Waals surface area contributed by atoms with E-state index in [-0.39, 0.29) is 5.89 Å². The van der Waals surface area contributed by atoms with Crippen LogP contribution in [0, 0.1) is 0 Å². The van der Waals surface area contributed by atoms with Crippen LogP contribution in [0.2, 0.25) is 0 Å². The number of benzene rings is 1. The van der Waals surface area contributed by atoms with E-state index in [1.54, 1.807) is 0 Å². The highest BCUT2D eigenvalue weighted by Crippen LogP contribution is 2.30. The first-order valence-electron chi connectivity index (χ1n) is 6.26. The van der Waals surface area contributed by atoms with Gasteiger partial charge in [0.15, 0.2) is 5.76 Å². The van der Waals surface area contributed by atoms with Crippen LogP contribution in [0.1, 0.15) is 30.3 Å². The van der Waals surface area contributed by atoms with Gasteiger partial charge in [-0.25, -0.2) is 9.78 Å². The molecular formula is C16H15NO3. The molecule has 0 radical (unpaired) electrons. The molecule has 1 aromatic carbocycles. The van der Waals surface area contributed by atoms with Gasteiger partial charge in [-0.05, 0) is 13.8 Å². The van der Waals surface area contributed by atoms with Crippen molar-refractivity contribution in [3.63, 3.8) is 0 Å². The molecule has 0 spiro atoms. The van der Waals surface area contributed by atoms with Crippen molar-refractivity contribution in [1.29, 1.82) is 0 Å². The smallest absolute Gasteiger partial charge is 0.392 e. The number of allylic oxidation sites excluding steroid dienone is 4. The molecule has 2 aromatic rings. The van der Waals surface area contributed by atoms with Crippen molar-refractivity contribution >= 4 is 11.5 Å². The van der Waals surface area contributed by atoms with Gasteiger partial charge in [-0.1, -0.05) is 48.6 Å². The SMILES string of the molecule is C/C=C\C(=C/C)c1oc(C(=O)O)nc1-c1ccccc1. The molecule has 0 fully saturated rings. The number of hydrogen-bond acceptors (Lipinski definition) is 3.